The number of benzene rings is 1. The topological polar surface area (TPSA) is 0 Å². The minimum absolute atomic E-state index is 0.480. The second-order valence-electron chi connectivity index (χ2n) is 2.43. The van der Waals surface area contributed by atoms with Crippen LogP contribution in [0.15, 0.2) is 35.4 Å². The second-order valence-corrected chi connectivity index (χ2v) is 2.92. The van der Waals surface area contributed by atoms with Crippen molar-refractivity contribution < 1.29 is 0 Å². The molecule has 1 radical (unpaired) electrons. The van der Waals surface area contributed by atoms with Gasteiger partial charge in [0.2, 0.25) is 0 Å². The lowest BCUT2D eigenvalue weighted by Gasteiger charge is -1.97. The van der Waals surface area contributed by atoms with Crippen molar-refractivity contribution >= 4 is 11.6 Å². The molecule has 0 aliphatic heterocycles. The number of hydrogen-bond acceptors (Lipinski definition) is 0. The fraction of sp³-hybridized carbons (Fsp3) is 0.200. The molecule has 0 fully saturated rings. The lowest BCUT2D eigenvalue weighted by atomic mass is 10.1. The van der Waals surface area contributed by atoms with E-state index in [4.69, 9.17) is 18.2 Å². The third-order valence-electron chi connectivity index (χ3n) is 1.50. The highest BCUT2D eigenvalue weighted by Crippen LogP contribution is 2.09. The number of rotatable bonds is 3. The predicted molar refractivity (Wildman–Crippen MR) is 48.4 cm³/mol. The Kier molecular flexibility index (Phi) is 3.18. The van der Waals surface area contributed by atoms with E-state index in [1.54, 1.807) is 0 Å². The number of aryl methyl sites for hydroxylation is 1. The lowest BCUT2D eigenvalue weighted by Crippen LogP contribution is -1.82. The molecule has 0 spiro atoms. The van der Waals surface area contributed by atoms with Crippen molar-refractivity contribution in [2.24, 2.45) is 0 Å². The van der Waals surface area contributed by atoms with E-state index in [-0.39, 0.29) is 0 Å². The van der Waals surface area contributed by atoms with Crippen LogP contribution in [-0.4, -0.2) is 0 Å². The van der Waals surface area contributed by atoms with Gasteiger partial charge in [-0.05, 0) is 25.0 Å². The molecule has 0 bridgehead atoms. The minimum atomic E-state index is 0.480. The quantitative estimate of drug-likeness (QED) is 0.646. The minimum Gasteiger partial charge on any atom is -0.0891 e. The van der Waals surface area contributed by atoms with Crippen molar-refractivity contribution in [3.63, 3.8) is 0 Å². The molecule has 1 aromatic carbocycles. The van der Waals surface area contributed by atoms with Crippen LogP contribution >= 0.6 is 11.6 Å². The maximum absolute atomic E-state index is 5.52. The molecule has 1 aromatic rings. The fourth-order valence-electron chi connectivity index (χ4n) is 0.908. The summed E-state index contributed by atoms with van der Waals surface area (Å²) < 4.78 is 0. The molecule has 0 saturated carbocycles. The number of hydrogen-bond donors (Lipinski definition) is 0. The standard InChI is InChI=1S/C10H10Cl/c1-9(11)7-8-10-5-3-2-4-6-10/h1-6H,7-8H2. The smallest absolute Gasteiger partial charge is 0.0184 e. The van der Waals surface area contributed by atoms with Gasteiger partial charge in [0.1, 0.15) is 0 Å². The van der Waals surface area contributed by atoms with Crippen molar-refractivity contribution in [2.75, 3.05) is 0 Å². The van der Waals surface area contributed by atoms with Crippen molar-refractivity contribution in [2.45, 2.75) is 12.8 Å². The third kappa shape index (κ3) is 3.24. The summed E-state index contributed by atoms with van der Waals surface area (Å²) in [7, 11) is 0. The molecule has 0 aliphatic carbocycles. The van der Waals surface area contributed by atoms with Gasteiger partial charge in [-0.25, -0.2) is 0 Å². The maximum atomic E-state index is 5.52. The fourth-order valence-corrected chi connectivity index (χ4v) is 1.00. The first-order chi connectivity index (χ1) is 5.29. The average Bonchev–Trinajstić information content (AvgIpc) is 2.03. The van der Waals surface area contributed by atoms with Crippen LogP contribution in [0, 0.1) is 6.58 Å². The average molecular weight is 166 g/mol. The summed E-state index contributed by atoms with van der Waals surface area (Å²) >= 11 is 5.52. The third-order valence-corrected chi connectivity index (χ3v) is 1.68. The zero-order chi connectivity index (χ0) is 8.10. The van der Waals surface area contributed by atoms with Gasteiger partial charge in [0.15, 0.2) is 0 Å². The van der Waals surface area contributed by atoms with E-state index < -0.39 is 0 Å². The molecule has 0 aliphatic rings. The Morgan fingerprint density at radius 2 is 1.91 bits per heavy atom. The Labute approximate surface area is 72.5 Å². The highest BCUT2D eigenvalue weighted by atomic mass is 35.5. The highest BCUT2D eigenvalue weighted by molar-refractivity contribution is 6.28. The van der Waals surface area contributed by atoms with Crippen molar-refractivity contribution in [1.29, 1.82) is 0 Å². The molecule has 0 amide bonds. The number of allylic oxidation sites excluding steroid dienone is 1. The molecule has 11 heavy (non-hydrogen) atoms. The van der Waals surface area contributed by atoms with Gasteiger partial charge >= 0.3 is 0 Å². The Bertz CT molecular complexity index is 226. The summed E-state index contributed by atoms with van der Waals surface area (Å²) in [4.78, 5) is 0. The van der Waals surface area contributed by atoms with Gasteiger partial charge in [0.25, 0.3) is 0 Å². The van der Waals surface area contributed by atoms with Crippen molar-refractivity contribution in [1.82, 2.24) is 0 Å². The molecule has 57 valence electrons. The van der Waals surface area contributed by atoms with Crippen LogP contribution in [0.4, 0.5) is 0 Å². The first kappa shape index (κ1) is 8.35. The SMILES string of the molecule is [CH]=C(Cl)CCc1ccccc1. The van der Waals surface area contributed by atoms with Gasteiger partial charge in [0, 0.05) is 5.03 Å². The second kappa shape index (κ2) is 4.20. The van der Waals surface area contributed by atoms with E-state index in [1.165, 1.54) is 5.56 Å². The zero-order valence-corrected chi connectivity index (χ0v) is 7.01. The largest absolute Gasteiger partial charge is 0.0891 e. The van der Waals surface area contributed by atoms with Gasteiger partial charge in [-0.2, -0.15) is 0 Å². The Balaban J connectivity index is 2.45. The monoisotopic (exact) mass is 165 g/mol. The van der Waals surface area contributed by atoms with Crippen molar-refractivity contribution in [3.8, 4) is 0 Å². The van der Waals surface area contributed by atoms with Gasteiger partial charge in [-0.1, -0.05) is 41.9 Å². The molecular weight excluding hydrogens is 156 g/mol. The molecule has 0 aromatic heterocycles. The van der Waals surface area contributed by atoms with Crippen LogP contribution < -0.4 is 0 Å². The lowest BCUT2D eigenvalue weighted by molar-refractivity contribution is 0.988. The molecule has 0 heterocycles. The van der Waals surface area contributed by atoms with Crippen LogP contribution in [0.5, 0.6) is 0 Å². The normalized spacial score (nSPS) is 9.55. The van der Waals surface area contributed by atoms with E-state index in [9.17, 15) is 0 Å². The molecule has 0 N–H and O–H groups in total. The van der Waals surface area contributed by atoms with Crippen LogP contribution in [0.25, 0.3) is 0 Å². The van der Waals surface area contributed by atoms with Gasteiger partial charge in [-0.15, -0.1) is 0 Å². The number of halogens is 1. The molecule has 0 unspecified atom stereocenters. The molecule has 0 atom stereocenters. The van der Waals surface area contributed by atoms with E-state index in [0.29, 0.717) is 5.03 Å². The van der Waals surface area contributed by atoms with Gasteiger partial charge < -0.3 is 0 Å². The Morgan fingerprint density at radius 1 is 1.27 bits per heavy atom. The first-order valence-electron chi connectivity index (χ1n) is 3.60. The van der Waals surface area contributed by atoms with Gasteiger partial charge in [-0.3, -0.25) is 0 Å². The van der Waals surface area contributed by atoms with E-state index in [0.717, 1.165) is 12.8 Å². The molecule has 0 nitrogen and oxygen atoms in total. The van der Waals surface area contributed by atoms with Crippen LogP contribution in [0.2, 0.25) is 0 Å². The zero-order valence-electron chi connectivity index (χ0n) is 6.26. The van der Waals surface area contributed by atoms with Crippen LogP contribution in [-0.2, 0) is 6.42 Å². The van der Waals surface area contributed by atoms with Crippen LogP contribution in [0.1, 0.15) is 12.0 Å². The maximum Gasteiger partial charge on any atom is 0.0184 e. The van der Waals surface area contributed by atoms with Crippen LogP contribution in [0.3, 0.4) is 0 Å². The molecule has 0 saturated heterocycles. The molecule has 1 heteroatoms. The molecular formula is C10H10Cl. The Hall–Kier alpha value is -0.750. The summed E-state index contributed by atoms with van der Waals surface area (Å²) in [6.45, 7) is 5.32. The summed E-state index contributed by atoms with van der Waals surface area (Å²) in [5.74, 6) is 0. The van der Waals surface area contributed by atoms with Gasteiger partial charge in [0.05, 0.1) is 0 Å². The van der Waals surface area contributed by atoms with E-state index in [1.807, 2.05) is 18.2 Å². The van der Waals surface area contributed by atoms with E-state index in [2.05, 4.69) is 12.1 Å². The van der Waals surface area contributed by atoms with E-state index >= 15 is 0 Å². The summed E-state index contributed by atoms with van der Waals surface area (Å²) in [5.41, 5.74) is 1.27. The summed E-state index contributed by atoms with van der Waals surface area (Å²) in [5, 5.41) is 0.480. The summed E-state index contributed by atoms with van der Waals surface area (Å²) in [6, 6.07) is 10.2. The predicted octanol–water partition coefficient (Wildman–Crippen LogP) is 3.17. The molecule has 1 rings (SSSR count). The first-order valence-corrected chi connectivity index (χ1v) is 3.97. The van der Waals surface area contributed by atoms with Crippen molar-refractivity contribution in [3.05, 3.63) is 47.5 Å². The highest BCUT2D eigenvalue weighted by Gasteiger charge is 1.91. The Morgan fingerprint density at radius 3 is 2.45 bits per heavy atom. The summed E-state index contributed by atoms with van der Waals surface area (Å²) in [6.07, 6.45) is 1.68.